The van der Waals surface area contributed by atoms with E-state index in [0.29, 0.717) is 25.8 Å². The summed E-state index contributed by atoms with van der Waals surface area (Å²) in [4.78, 5) is 11.8. The molecule has 0 unspecified atom stereocenters. The van der Waals surface area contributed by atoms with Crippen molar-refractivity contribution in [1.29, 1.82) is 0 Å². The zero-order valence-electron chi connectivity index (χ0n) is 11.6. The van der Waals surface area contributed by atoms with E-state index >= 15 is 0 Å². The summed E-state index contributed by atoms with van der Waals surface area (Å²) < 4.78 is 6.33. The third kappa shape index (κ3) is 5.07. The zero-order chi connectivity index (χ0) is 17.0. The van der Waals surface area contributed by atoms with Gasteiger partial charge in [-0.25, -0.2) is 0 Å². The predicted octanol–water partition coefficient (Wildman–Crippen LogP) is 4.31. The maximum atomic E-state index is 11.8. The van der Waals surface area contributed by atoms with Gasteiger partial charge >= 0.3 is 0 Å². The smallest absolute Gasteiger partial charge is 0.257 e. The van der Waals surface area contributed by atoms with E-state index in [1.54, 1.807) is 36.4 Å². The first-order valence-electron chi connectivity index (χ1n) is 6.34. The normalized spacial score (nSPS) is 10.2. The number of rotatable bonds is 4. The van der Waals surface area contributed by atoms with Crippen molar-refractivity contribution in [3.8, 4) is 5.75 Å². The van der Waals surface area contributed by atoms with E-state index in [0.717, 1.165) is 5.56 Å². The molecule has 0 aliphatic heterocycles. The van der Waals surface area contributed by atoms with Gasteiger partial charge in [0.2, 0.25) is 0 Å². The quantitative estimate of drug-likeness (QED) is 0.705. The molecule has 0 fully saturated rings. The Balaban J connectivity index is 2.09. The number of carbonyl (C=O) groups is 1. The number of carbonyl (C=O) groups excluding carboxylic acids is 1. The molecule has 0 aliphatic rings. The first kappa shape index (κ1) is 18.0. The van der Waals surface area contributed by atoms with Crippen molar-refractivity contribution in [2.45, 2.75) is 6.61 Å². The van der Waals surface area contributed by atoms with Crippen LogP contribution in [0.5, 0.6) is 5.75 Å². The van der Waals surface area contributed by atoms with Gasteiger partial charge in [-0.1, -0.05) is 29.3 Å². The Hall–Kier alpha value is -1.34. The van der Waals surface area contributed by atoms with Gasteiger partial charge in [0.15, 0.2) is 5.11 Å². The lowest BCUT2D eigenvalue weighted by Crippen LogP contribution is -2.34. The summed E-state index contributed by atoms with van der Waals surface area (Å²) in [7, 11) is 0. The van der Waals surface area contributed by atoms with Crippen molar-refractivity contribution in [3.05, 3.63) is 62.0 Å². The number of hydrogen-bond acceptors (Lipinski definition) is 3. The van der Waals surface area contributed by atoms with Gasteiger partial charge in [-0.05, 0) is 58.5 Å². The number of ether oxygens (including phenoxy) is 1. The highest BCUT2D eigenvalue weighted by Gasteiger charge is 2.10. The van der Waals surface area contributed by atoms with Gasteiger partial charge in [-0.3, -0.25) is 10.1 Å². The maximum absolute atomic E-state index is 11.8. The zero-order valence-corrected chi connectivity index (χ0v) is 15.5. The van der Waals surface area contributed by atoms with Gasteiger partial charge in [-0.2, -0.15) is 0 Å². The highest BCUT2D eigenvalue weighted by atomic mass is 79.9. The van der Waals surface area contributed by atoms with Gasteiger partial charge in [0.05, 0.1) is 4.47 Å². The number of thiocarbonyl (C=S) groups is 1. The average molecular weight is 434 g/mol. The molecule has 1 amide bonds. The molecule has 0 saturated heterocycles. The molecular formula is C15H11BrCl2N2O2S. The number of nitrogens with one attached hydrogen (secondary N) is 1. The van der Waals surface area contributed by atoms with Gasteiger partial charge < -0.3 is 10.5 Å². The van der Waals surface area contributed by atoms with Gasteiger partial charge in [0.25, 0.3) is 5.91 Å². The molecule has 0 aliphatic carbocycles. The molecule has 0 radical (unpaired) electrons. The van der Waals surface area contributed by atoms with E-state index in [4.69, 9.17) is 33.7 Å². The number of nitrogens with two attached hydrogens (primary N) is 1. The fraction of sp³-hybridized carbons (Fsp3) is 0.0667. The first-order valence-corrected chi connectivity index (χ1v) is 8.29. The number of amides is 1. The van der Waals surface area contributed by atoms with Crippen LogP contribution in [0, 0.1) is 0 Å². The number of hydrogen-bond donors (Lipinski definition) is 2. The van der Waals surface area contributed by atoms with Crippen molar-refractivity contribution >= 4 is 62.4 Å². The molecule has 2 rings (SSSR count). The average Bonchev–Trinajstić information content (AvgIpc) is 2.46. The highest BCUT2D eigenvalue weighted by Crippen LogP contribution is 2.28. The Labute approximate surface area is 157 Å². The Morgan fingerprint density at radius 1 is 1.26 bits per heavy atom. The van der Waals surface area contributed by atoms with Crippen LogP contribution in [0.4, 0.5) is 0 Å². The van der Waals surface area contributed by atoms with Crippen LogP contribution >= 0.6 is 51.3 Å². The van der Waals surface area contributed by atoms with Crippen LogP contribution in [0.25, 0.3) is 0 Å². The predicted molar refractivity (Wildman–Crippen MR) is 99.2 cm³/mol. The topological polar surface area (TPSA) is 64.3 Å². The molecule has 23 heavy (non-hydrogen) atoms. The van der Waals surface area contributed by atoms with Crippen LogP contribution in [-0.2, 0) is 6.61 Å². The summed E-state index contributed by atoms with van der Waals surface area (Å²) in [5.41, 5.74) is 6.48. The lowest BCUT2D eigenvalue weighted by atomic mass is 10.2. The fourth-order valence-corrected chi connectivity index (χ4v) is 2.79. The molecule has 0 aromatic heterocycles. The van der Waals surface area contributed by atoms with Crippen LogP contribution in [-0.4, -0.2) is 11.0 Å². The molecule has 0 spiro atoms. The summed E-state index contributed by atoms with van der Waals surface area (Å²) in [6, 6.07) is 10.1. The molecule has 8 heteroatoms. The van der Waals surface area contributed by atoms with E-state index in [2.05, 4.69) is 33.5 Å². The van der Waals surface area contributed by atoms with Gasteiger partial charge in [-0.15, -0.1) is 0 Å². The monoisotopic (exact) mass is 432 g/mol. The molecule has 3 N–H and O–H groups in total. The largest absolute Gasteiger partial charge is 0.488 e. The molecule has 0 saturated carbocycles. The standard InChI is InChI=1S/C15H11BrCl2N2O2S/c16-11-5-8(14(21)20-15(19)23)2-4-13(11)22-7-9-1-3-10(17)6-12(9)18/h1-6H,7H2,(H3,19,20,21,23). The van der Waals surface area contributed by atoms with Crippen molar-refractivity contribution in [3.63, 3.8) is 0 Å². The lowest BCUT2D eigenvalue weighted by molar-refractivity contribution is 0.0977. The summed E-state index contributed by atoms with van der Waals surface area (Å²) in [5.74, 6) is 0.188. The third-order valence-electron chi connectivity index (χ3n) is 2.83. The minimum absolute atomic E-state index is 0.0798. The van der Waals surface area contributed by atoms with Gasteiger partial charge in [0, 0.05) is 21.2 Å². The Morgan fingerprint density at radius 3 is 2.61 bits per heavy atom. The van der Waals surface area contributed by atoms with E-state index in [1.807, 2.05) is 0 Å². The molecule has 0 atom stereocenters. The summed E-state index contributed by atoms with van der Waals surface area (Å²) in [6.07, 6.45) is 0. The van der Waals surface area contributed by atoms with Crippen molar-refractivity contribution < 1.29 is 9.53 Å². The van der Waals surface area contributed by atoms with Crippen LogP contribution in [0.2, 0.25) is 10.0 Å². The molecule has 120 valence electrons. The second-order valence-electron chi connectivity index (χ2n) is 4.49. The van der Waals surface area contributed by atoms with Crippen LogP contribution in [0.1, 0.15) is 15.9 Å². The van der Waals surface area contributed by atoms with Crippen LogP contribution < -0.4 is 15.8 Å². The van der Waals surface area contributed by atoms with Crippen molar-refractivity contribution in [2.75, 3.05) is 0 Å². The van der Waals surface area contributed by atoms with E-state index in [1.165, 1.54) is 0 Å². The third-order valence-corrected chi connectivity index (χ3v) is 4.14. The molecule has 0 bridgehead atoms. The minimum Gasteiger partial charge on any atom is -0.488 e. The van der Waals surface area contributed by atoms with Crippen LogP contribution in [0.3, 0.4) is 0 Å². The van der Waals surface area contributed by atoms with E-state index in [9.17, 15) is 4.79 Å². The Bertz CT molecular complexity index is 771. The van der Waals surface area contributed by atoms with Crippen molar-refractivity contribution in [1.82, 2.24) is 5.32 Å². The lowest BCUT2D eigenvalue weighted by Gasteiger charge is -2.11. The number of benzene rings is 2. The summed E-state index contributed by atoms with van der Waals surface area (Å²) >= 11 is 19.9. The second kappa shape index (κ2) is 7.97. The van der Waals surface area contributed by atoms with Crippen LogP contribution in [0.15, 0.2) is 40.9 Å². The Kier molecular flexibility index (Phi) is 6.24. The number of halogens is 3. The SMILES string of the molecule is NC(=S)NC(=O)c1ccc(OCc2ccc(Cl)cc2Cl)c(Br)c1. The van der Waals surface area contributed by atoms with Gasteiger partial charge in [0.1, 0.15) is 12.4 Å². The fourth-order valence-electron chi connectivity index (χ4n) is 1.74. The van der Waals surface area contributed by atoms with E-state index < -0.39 is 0 Å². The molecule has 4 nitrogen and oxygen atoms in total. The Morgan fingerprint density at radius 2 is 2.00 bits per heavy atom. The molecule has 2 aromatic rings. The van der Waals surface area contributed by atoms with Crippen molar-refractivity contribution in [2.24, 2.45) is 5.73 Å². The maximum Gasteiger partial charge on any atom is 0.257 e. The van der Waals surface area contributed by atoms with E-state index in [-0.39, 0.29) is 17.6 Å². The summed E-state index contributed by atoms with van der Waals surface area (Å²) in [5, 5.41) is 3.37. The second-order valence-corrected chi connectivity index (χ2v) is 6.63. The molecular weight excluding hydrogens is 423 g/mol. The minimum atomic E-state index is -0.384. The highest BCUT2D eigenvalue weighted by molar-refractivity contribution is 9.10. The molecule has 0 heterocycles. The molecule has 2 aromatic carbocycles. The summed E-state index contributed by atoms with van der Waals surface area (Å²) in [6.45, 7) is 0.271. The first-order chi connectivity index (χ1) is 10.9.